The number of aromatic hydroxyl groups is 1. The van der Waals surface area contributed by atoms with Crippen molar-refractivity contribution in [2.45, 2.75) is 4.90 Å². The molecule has 1 aliphatic heterocycles. The second-order valence-corrected chi connectivity index (χ2v) is 6.63. The van der Waals surface area contributed by atoms with E-state index in [9.17, 15) is 13.5 Å². The molecule has 0 amide bonds. The molecule has 116 valence electrons. The van der Waals surface area contributed by atoms with E-state index >= 15 is 0 Å². The van der Waals surface area contributed by atoms with Crippen molar-refractivity contribution in [1.82, 2.24) is 0 Å². The van der Waals surface area contributed by atoms with Crippen molar-refractivity contribution >= 4 is 39.0 Å². The molecule has 0 aliphatic carbocycles. The number of guanidine groups is 1. The number of benzene rings is 2. The van der Waals surface area contributed by atoms with Crippen LogP contribution in [-0.4, -0.2) is 19.5 Å². The highest BCUT2D eigenvalue weighted by atomic mass is 35.5. The standard InChI is InChI=1S/C14H9ClN4O3S/c15-9-5-11(20)13-12(6-9)23(21,22)19-14(18-13)17-10-4-2-1-3-8(10)7-16/h1-6,20H,(H2,17,18,19). The Labute approximate surface area is 136 Å². The van der Waals surface area contributed by atoms with Gasteiger partial charge >= 0.3 is 0 Å². The van der Waals surface area contributed by atoms with E-state index in [2.05, 4.69) is 15.0 Å². The molecule has 0 atom stereocenters. The van der Waals surface area contributed by atoms with Crippen LogP contribution >= 0.6 is 11.6 Å². The Hall–Kier alpha value is -2.76. The van der Waals surface area contributed by atoms with Crippen LogP contribution in [-0.2, 0) is 10.0 Å². The zero-order valence-corrected chi connectivity index (χ0v) is 13.0. The maximum absolute atomic E-state index is 12.2. The van der Waals surface area contributed by atoms with Crippen LogP contribution in [0.4, 0.5) is 11.4 Å². The average Bonchev–Trinajstić information content (AvgIpc) is 2.49. The second kappa shape index (κ2) is 5.46. The van der Waals surface area contributed by atoms with Gasteiger partial charge in [0, 0.05) is 11.1 Å². The summed E-state index contributed by atoms with van der Waals surface area (Å²) in [5.41, 5.74) is 0.676. The summed E-state index contributed by atoms with van der Waals surface area (Å²) < 4.78 is 28.1. The van der Waals surface area contributed by atoms with Crippen LogP contribution in [0.1, 0.15) is 5.56 Å². The van der Waals surface area contributed by atoms with E-state index in [1.165, 1.54) is 12.1 Å². The van der Waals surface area contributed by atoms with Gasteiger partial charge in [-0.25, -0.2) is 0 Å². The van der Waals surface area contributed by atoms with Crippen molar-refractivity contribution in [3.63, 3.8) is 0 Å². The van der Waals surface area contributed by atoms with Crippen LogP contribution in [0.15, 0.2) is 45.7 Å². The Morgan fingerprint density at radius 3 is 2.78 bits per heavy atom. The smallest absolute Gasteiger partial charge is 0.287 e. The van der Waals surface area contributed by atoms with Gasteiger partial charge in [-0.1, -0.05) is 23.7 Å². The molecule has 0 saturated heterocycles. The van der Waals surface area contributed by atoms with Crippen LogP contribution in [0.2, 0.25) is 5.02 Å². The lowest BCUT2D eigenvalue weighted by Crippen LogP contribution is -2.28. The normalized spacial score (nSPS) is 14.9. The van der Waals surface area contributed by atoms with Gasteiger partial charge in [0.2, 0.25) is 5.96 Å². The van der Waals surface area contributed by atoms with Gasteiger partial charge in [0.25, 0.3) is 10.0 Å². The summed E-state index contributed by atoms with van der Waals surface area (Å²) in [5.74, 6) is -0.448. The lowest BCUT2D eigenvalue weighted by Gasteiger charge is -2.20. The molecule has 0 fully saturated rings. The van der Waals surface area contributed by atoms with Crippen molar-refractivity contribution in [3.8, 4) is 11.8 Å². The number of nitrogens with one attached hydrogen (secondary N) is 2. The van der Waals surface area contributed by atoms with Crippen molar-refractivity contribution in [2.24, 2.45) is 4.40 Å². The van der Waals surface area contributed by atoms with E-state index < -0.39 is 10.0 Å². The van der Waals surface area contributed by atoms with Crippen LogP contribution in [0.5, 0.6) is 5.75 Å². The zero-order valence-electron chi connectivity index (χ0n) is 11.4. The quantitative estimate of drug-likeness (QED) is 0.682. The number of hydrogen-bond acceptors (Lipinski definition) is 6. The van der Waals surface area contributed by atoms with E-state index in [0.717, 1.165) is 0 Å². The van der Waals surface area contributed by atoms with Gasteiger partial charge in [0.05, 0.1) is 11.3 Å². The third kappa shape index (κ3) is 2.79. The molecule has 0 spiro atoms. The molecular weight excluding hydrogens is 340 g/mol. The molecule has 2 aromatic carbocycles. The van der Waals surface area contributed by atoms with Crippen LogP contribution in [0, 0.1) is 11.3 Å². The molecule has 0 bridgehead atoms. The van der Waals surface area contributed by atoms with Crippen LogP contribution < -0.4 is 10.6 Å². The summed E-state index contributed by atoms with van der Waals surface area (Å²) in [6, 6.07) is 10.9. The average molecular weight is 349 g/mol. The summed E-state index contributed by atoms with van der Waals surface area (Å²) >= 11 is 5.76. The topological polar surface area (TPSA) is 115 Å². The first-order chi connectivity index (χ1) is 10.9. The first-order valence-corrected chi connectivity index (χ1v) is 8.13. The molecule has 0 aromatic heterocycles. The highest BCUT2D eigenvalue weighted by molar-refractivity contribution is 7.90. The van der Waals surface area contributed by atoms with Crippen molar-refractivity contribution in [3.05, 3.63) is 47.0 Å². The number of anilines is 2. The predicted molar refractivity (Wildman–Crippen MR) is 86.1 cm³/mol. The Morgan fingerprint density at radius 2 is 2.04 bits per heavy atom. The first kappa shape index (κ1) is 15.1. The van der Waals surface area contributed by atoms with E-state index in [-0.39, 0.29) is 27.3 Å². The monoisotopic (exact) mass is 348 g/mol. The number of nitrogens with zero attached hydrogens (tertiary/aromatic N) is 2. The van der Waals surface area contributed by atoms with E-state index in [1.54, 1.807) is 24.3 Å². The summed E-state index contributed by atoms with van der Waals surface area (Å²) in [6.07, 6.45) is 0. The Bertz CT molecular complexity index is 980. The fourth-order valence-corrected chi connectivity index (χ4v) is 3.48. The highest BCUT2D eigenvalue weighted by Crippen LogP contribution is 2.37. The Balaban J connectivity index is 2.05. The number of sulfonamides is 1. The molecule has 3 rings (SSSR count). The predicted octanol–water partition coefficient (Wildman–Crippen LogP) is 2.50. The molecule has 9 heteroatoms. The molecule has 0 saturated carbocycles. The molecular formula is C14H9ClN4O3S. The third-order valence-electron chi connectivity index (χ3n) is 3.08. The number of nitriles is 1. The van der Waals surface area contributed by atoms with E-state index in [0.29, 0.717) is 11.3 Å². The van der Waals surface area contributed by atoms with Gasteiger partial charge in [-0.3, -0.25) is 0 Å². The number of fused-ring (bicyclic) bond motifs is 1. The van der Waals surface area contributed by atoms with Crippen molar-refractivity contribution in [2.75, 3.05) is 10.6 Å². The SMILES string of the molecule is N#Cc1ccccc1NC1=NS(=O)(=O)c2cc(Cl)cc(O)c2N1. The molecule has 1 heterocycles. The molecule has 23 heavy (non-hydrogen) atoms. The lowest BCUT2D eigenvalue weighted by molar-refractivity contribution is 0.476. The van der Waals surface area contributed by atoms with E-state index in [1.807, 2.05) is 6.07 Å². The van der Waals surface area contributed by atoms with Gasteiger partial charge < -0.3 is 15.7 Å². The first-order valence-electron chi connectivity index (χ1n) is 6.31. The summed E-state index contributed by atoms with van der Waals surface area (Å²) in [6.45, 7) is 0. The number of phenolic OH excluding ortho intramolecular Hbond substituents is 1. The highest BCUT2D eigenvalue weighted by Gasteiger charge is 2.28. The zero-order chi connectivity index (χ0) is 16.6. The van der Waals surface area contributed by atoms with Gasteiger partial charge in [0.15, 0.2) is 0 Å². The van der Waals surface area contributed by atoms with Crippen LogP contribution in [0.25, 0.3) is 0 Å². The van der Waals surface area contributed by atoms with E-state index in [4.69, 9.17) is 16.9 Å². The third-order valence-corrected chi connectivity index (χ3v) is 4.60. The molecule has 2 aromatic rings. The number of para-hydroxylation sites is 1. The number of halogens is 1. The number of rotatable bonds is 1. The minimum atomic E-state index is -4.04. The molecule has 0 radical (unpaired) electrons. The Kier molecular flexibility index (Phi) is 3.60. The minimum absolute atomic E-state index is 0.0265. The second-order valence-electron chi connectivity index (χ2n) is 4.62. The molecule has 7 nitrogen and oxygen atoms in total. The maximum Gasteiger partial charge on any atom is 0.287 e. The molecule has 3 N–H and O–H groups in total. The largest absolute Gasteiger partial charge is 0.506 e. The van der Waals surface area contributed by atoms with Gasteiger partial charge in [0.1, 0.15) is 22.4 Å². The minimum Gasteiger partial charge on any atom is -0.506 e. The number of hydrogen-bond donors (Lipinski definition) is 3. The van der Waals surface area contributed by atoms with Crippen molar-refractivity contribution in [1.29, 1.82) is 5.26 Å². The van der Waals surface area contributed by atoms with Gasteiger partial charge in [-0.15, -0.1) is 4.40 Å². The summed E-state index contributed by atoms with van der Waals surface area (Å²) in [5, 5.41) is 24.5. The van der Waals surface area contributed by atoms with Gasteiger partial charge in [-0.2, -0.15) is 13.7 Å². The Morgan fingerprint density at radius 1 is 1.30 bits per heavy atom. The van der Waals surface area contributed by atoms with Gasteiger partial charge in [-0.05, 0) is 18.2 Å². The fourth-order valence-electron chi connectivity index (χ4n) is 2.08. The summed E-state index contributed by atoms with van der Waals surface area (Å²) in [7, 11) is -4.04. The summed E-state index contributed by atoms with van der Waals surface area (Å²) in [4.78, 5) is -0.221. The lowest BCUT2D eigenvalue weighted by atomic mass is 10.2. The van der Waals surface area contributed by atoms with Crippen LogP contribution in [0.3, 0.4) is 0 Å². The maximum atomic E-state index is 12.2. The molecule has 1 aliphatic rings. The molecule has 0 unspecified atom stereocenters. The number of phenols is 1. The van der Waals surface area contributed by atoms with Crippen molar-refractivity contribution < 1.29 is 13.5 Å². The fraction of sp³-hybridized carbons (Fsp3) is 0.